The van der Waals surface area contributed by atoms with E-state index in [1.54, 1.807) is 18.2 Å². The standard InChI is InChI=1S/C19H26N2O6/c1-3-19(9-4-5-10-21(2)12-19)13-7-6-8-14(11-13)27-18(26)20-15(16(22)23)17(24)25/h6-8,11,15H,3-5,9-10,12H2,1-2H3,(H,20,26)(H,22,23)(H,24,25). The largest absolute Gasteiger partial charge is 0.479 e. The van der Waals surface area contributed by atoms with Crippen LogP contribution < -0.4 is 10.1 Å². The lowest BCUT2D eigenvalue weighted by atomic mass is 9.74. The molecule has 1 heterocycles. The van der Waals surface area contributed by atoms with E-state index in [9.17, 15) is 14.4 Å². The van der Waals surface area contributed by atoms with Crippen LogP contribution in [0.2, 0.25) is 0 Å². The minimum Gasteiger partial charge on any atom is -0.479 e. The fraction of sp³-hybridized carbons (Fsp3) is 0.526. The highest BCUT2D eigenvalue weighted by Crippen LogP contribution is 2.37. The van der Waals surface area contributed by atoms with Crippen molar-refractivity contribution < 1.29 is 29.3 Å². The third-order valence-corrected chi connectivity index (χ3v) is 5.11. The number of carboxylic acids is 2. The van der Waals surface area contributed by atoms with Gasteiger partial charge in [-0.15, -0.1) is 0 Å². The number of carbonyl (C=O) groups is 3. The van der Waals surface area contributed by atoms with Crippen LogP contribution in [0.3, 0.4) is 0 Å². The van der Waals surface area contributed by atoms with E-state index in [1.807, 2.05) is 11.4 Å². The Labute approximate surface area is 158 Å². The maximum Gasteiger partial charge on any atom is 0.413 e. The molecule has 1 atom stereocenters. The number of benzene rings is 1. The topological polar surface area (TPSA) is 116 Å². The number of carboxylic acid groups (broad SMARTS) is 2. The number of rotatable bonds is 6. The molecule has 1 aliphatic heterocycles. The van der Waals surface area contributed by atoms with Gasteiger partial charge in [-0.2, -0.15) is 0 Å². The smallest absolute Gasteiger partial charge is 0.413 e. The number of carbonyl (C=O) groups excluding carboxylic acids is 1. The molecule has 1 aromatic carbocycles. The zero-order valence-corrected chi connectivity index (χ0v) is 15.6. The second-order valence-electron chi connectivity index (χ2n) is 7.00. The fourth-order valence-electron chi connectivity index (χ4n) is 3.62. The van der Waals surface area contributed by atoms with Crippen molar-refractivity contribution in [1.82, 2.24) is 10.2 Å². The van der Waals surface area contributed by atoms with Crippen molar-refractivity contribution in [3.63, 3.8) is 0 Å². The van der Waals surface area contributed by atoms with Crippen LogP contribution >= 0.6 is 0 Å². The van der Waals surface area contributed by atoms with E-state index in [0.717, 1.165) is 44.3 Å². The lowest BCUT2D eigenvalue weighted by Crippen LogP contribution is -2.47. The van der Waals surface area contributed by atoms with Crippen molar-refractivity contribution in [3.8, 4) is 5.75 Å². The highest BCUT2D eigenvalue weighted by molar-refractivity contribution is 6.00. The van der Waals surface area contributed by atoms with Crippen LogP contribution in [0.25, 0.3) is 0 Å². The third kappa shape index (κ3) is 5.19. The number of amides is 1. The van der Waals surface area contributed by atoms with Crippen molar-refractivity contribution in [2.45, 2.75) is 44.1 Å². The second-order valence-corrected chi connectivity index (χ2v) is 7.00. The van der Waals surface area contributed by atoms with Crippen LogP contribution in [-0.4, -0.2) is 59.3 Å². The number of nitrogens with zero attached hydrogens (tertiary/aromatic N) is 1. The van der Waals surface area contributed by atoms with E-state index in [4.69, 9.17) is 14.9 Å². The molecule has 1 aromatic rings. The van der Waals surface area contributed by atoms with Crippen molar-refractivity contribution in [1.29, 1.82) is 0 Å². The first-order valence-electron chi connectivity index (χ1n) is 9.00. The van der Waals surface area contributed by atoms with Gasteiger partial charge in [0.05, 0.1) is 0 Å². The van der Waals surface area contributed by atoms with Crippen LogP contribution in [0.15, 0.2) is 24.3 Å². The van der Waals surface area contributed by atoms with Crippen molar-refractivity contribution in [2.24, 2.45) is 0 Å². The van der Waals surface area contributed by atoms with Gasteiger partial charge in [0.2, 0.25) is 6.04 Å². The molecule has 0 aromatic heterocycles. The highest BCUT2D eigenvalue weighted by Gasteiger charge is 2.33. The molecule has 8 heteroatoms. The van der Waals surface area contributed by atoms with E-state index in [1.165, 1.54) is 0 Å². The van der Waals surface area contributed by atoms with Gasteiger partial charge >= 0.3 is 18.0 Å². The predicted molar refractivity (Wildman–Crippen MR) is 98.0 cm³/mol. The molecule has 1 fully saturated rings. The van der Waals surface area contributed by atoms with Gasteiger partial charge in [0.15, 0.2) is 0 Å². The molecule has 8 nitrogen and oxygen atoms in total. The average molecular weight is 378 g/mol. The monoisotopic (exact) mass is 378 g/mol. The molecule has 0 aliphatic carbocycles. The lowest BCUT2D eigenvalue weighted by Gasteiger charge is -2.35. The summed E-state index contributed by atoms with van der Waals surface area (Å²) in [6.07, 6.45) is 3.10. The maximum absolute atomic E-state index is 11.9. The predicted octanol–water partition coefficient (Wildman–Crippen LogP) is 2.08. The lowest BCUT2D eigenvalue weighted by molar-refractivity contribution is -0.150. The summed E-state index contributed by atoms with van der Waals surface area (Å²) in [6.45, 7) is 4.09. The van der Waals surface area contributed by atoms with E-state index in [2.05, 4.69) is 18.9 Å². The normalized spacial score (nSPS) is 20.7. The molecule has 1 saturated heterocycles. The Bertz CT molecular complexity index is 693. The van der Waals surface area contributed by atoms with E-state index >= 15 is 0 Å². The Morgan fingerprint density at radius 3 is 2.59 bits per heavy atom. The molecule has 0 bridgehead atoms. The first kappa shape index (κ1) is 20.7. The molecule has 27 heavy (non-hydrogen) atoms. The van der Waals surface area contributed by atoms with Gasteiger partial charge in [0.1, 0.15) is 5.75 Å². The molecule has 0 saturated carbocycles. The van der Waals surface area contributed by atoms with Crippen LogP contribution in [0.4, 0.5) is 4.79 Å². The van der Waals surface area contributed by atoms with Gasteiger partial charge in [-0.25, -0.2) is 14.4 Å². The minimum atomic E-state index is -2.06. The fourth-order valence-corrected chi connectivity index (χ4v) is 3.62. The van der Waals surface area contributed by atoms with Gasteiger partial charge in [-0.3, -0.25) is 5.32 Å². The Morgan fingerprint density at radius 1 is 1.26 bits per heavy atom. The number of likely N-dealkylation sites (N-methyl/N-ethyl adjacent to an activating group) is 1. The van der Waals surface area contributed by atoms with Gasteiger partial charge in [-0.1, -0.05) is 25.5 Å². The molecule has 1 unspecified atom stereocenters. The summed E-state index contributed by atoms with van der Waals surface area (Å²) in [4.78, 5) is 36.0. The number of nitrogens with one attached hydrogen (secondary N) is 1. The van der Waals surface area contributed by atoms with E-state index in [-0.39, 0.29) is 11.2 Å². The summed E-state index contributed by atoms with van der Waals surface area (Å²) in [7, 11) is 2.10. The van der Waals surface area contributed by atoms with Crippen molar-refractivity contribution >= 4 is 18.0 Å². The van der Waals surface area contributed by atoms with Gasteiger partial charge in [-0.05, 0) is 50.6 Å². The summed E-state index contributed by atoms with van der Waals surface area (Å²) in [5.74, 6) is -3.08. The molecule has 1 aliphatic rings. The third-order valence-electron chi connectivity index (χ3n) is 5.11. The first-order chi connectivity index (χ1) is 12.8. The summed E-state index contributed by atoms with van der Waals surface area (Å²) in [5, 5.41) is 19.5. The van der Waals surface area contributed by atoms with Gasteiger partial charge in [0, 0.05) is 12.0 Å². The van der Waals surface area contributed by atoms with E-state index < -0.39 is 24.1 Å². The van der Waals surface area contributed by atoms with Crippen LogP contribution in [-0.2, 0) is 15.0 Å². The molecule has 0 radical (unpaired) electrons. The average Bonchev–Trinajstić information content (AvgIpc) is 2.81. The second kappa shape index (κ2) is 8.85. The Balaban J connectivity index is 2.17. The first-order valence-corrected chi connectivity index (χ1v) is 9.00. The van der Waals surface area contributed by atoms with Crippen molar-refractivity contribution in [3.05, 3.63) is 29.8 Å². The molecule has 0 spiro atoms. The van der Waals surface area contributed by atoms with Crippen LogP contribution in [0.5, 0.6) is 5.75 Å². The number of ether oxygens (including phenoxy) is 1. The molecular formula is C19H26N2O6. The Hall–Kier alpha value is -2.61. The quantitative estimate of drug-likeness (QED) is 0.649. The number of hydrogen-bond donors (Lipinski definition) is 3. The summed E-state index contributed by atoms with van der Waals surface area (Å²) >= 11 is 0. The molecule has 3 N–H and O–H groups in total. The number of likely N-dealkylation sites (tertiary alicyclic amines) is 1. The minimum absolute atomic E-state index is 0.0498. The number of aliphatic carboxylic acids is 2. The van der Waals surface area contributed by atoms with Crippen LogP contribution in [0.1, 0.15) is 38.2 Å². The van der Waals surface area contributed by atoms with Gasteiger partial charge in [0.25, 0.3) is 0 Å². The maximum atomic E-state index is 11.9. The highest BCUT2D eigenvalue weighted by atomic mass is 16.6. The number of hydrogen-bond acceptors (Lipinski definition) is 5. The molecular weight excluding hydrogens is 352 g/mol. The van der Waals surface area contributed by atoms with E-state index in [0.29, 0.717) is 0 Å². The summed E-state index contributed by atoms with van der Waals surface area (Å²) in [6, 6.07) is 5.09. The molecule has 148 valence electrons. The zero-order chi connectivity index (χ0) is 20.0. The molecule has 2 rings (SSSR count). The Morgan fingerprint density at radius 2 is 1.96 bits per heavy atom. The Kier molecular flexibility index (Phi) is 6.79. The molecule has 1 amide bonds. The van der Waals surface area contributed by atoms with Crippen LogP contribution in [0, 0.1) is 0 Å². The van der Waals surface area contributed by atoms with Crippen molar-refractivity contribution in [2.75, 3.05) is 20.1 Å². The summed E-state index contributed by atoms with van der Waals surface area (Å²) in [5.41, 5.74) is 1.00. The zero-order valence-electron chi connectivity index (χ0n) is 15.6. The SMILES string of the molecule is CCC1(c2cccc(OC(=O)NC(C(=O)O)C(=O)O)c2)CCCCN(C)C1. The summed E-state index contributed by atoms with van der Waals surface area (Å²) < 4.78 is 5.13. The van der Waals surface area contributed by atoms with Gasteiger partial charge < -0.3 is 19.8 Å².